The Morgan fingerprint density at radius 2 is 2.44 bits per heavy atom. The molecule has 0 rings (SSSR count). The zero-order chi connectivity index (χ0) is 7.11. The molecule has 0 spiro atoms. The van der Waals surface area contributed by atoms with E-state index in [0.717, 1.165) is 0 Å². The third-order valence-corrected chi connectivity index (χ3v) is 1.03. The third kappa shape index (κ3) is 4.57. The van der Waals surface area contributed by atoms with Gasteiger partial charge in [-0.2, -0.15) is 0 Å². The second-order valence-corrected chi connectivity index (χ2v) is 2.09. The topological polar surface area (TPSA) is 35.5 Å². The molecular formula is C5H9BrO3. The van der Waals surface area contributed by atoms with Crippen molar-refractivity contribution in [2.24, 2.45) is 0 Å². The molecule has 0 unspecified atom stereocenters. The van der Waals surface area contributed by atoms with Crippen LogP contribution in [0, 0.1) is 0 Å². The minimum atomic E-state index is -0.706. The molecule has 0 N–H and O–H groups in total. The van der Waals surface area contributed by atoms with Crippen LogP contribution in [0.2, 0.25) is 0 Å². The number of hydrogen-bond acceptors (Lipinski definition) is 3. The monoisotopic (exact) mass is 196 g/mol. The molecule has 3 nitrogen and oxygen atoms in total. The summed E-state index contributed by atoms with van der Waals surface area (Å²) in [5.74, 6) is 0. The van der Waals surface area contributed by atoms with E-state index in [-0.39, 0.29) is 0 Å². The normalized spacial score (nSPS) is 13.1. The van der Waals surface area contributed by atoms with Crippen LogP contribution in [0.3, 0.4) is 0 Å². The molecule has 0 heterocycles. The lowest BCUT2D eigenvalue weighted by Gasteiger charge is -2.06. The second-order valence-electron chi connectivity index (χ2n) is 1.30. The number of aldehydes is 1. The fourth-order valence-corrected chi connectivity index (χ4v) is 0.510. The molecule has 0 aliphatic heterocycles. The van der Waals surface area contributed by atoms with Crippen molar-refractivity contribution in [1.82, 2.24) is 0 Å². The minimum absolute atomic E-state index is 0.483. The first-order valence-electron chi connectivity index (χ1n) is 2.50. The number of rotatable bonds is 5. The van der Waals surface area contributed by atoms with Gasteiger partial charge in [0.15, 0.2) is 6.29 Å². The average Bonchev–Trinajstić information content (AvgIpc) is 1.91. The predicted octanol–water partition coefficient (Wildman–Crippen LogP) is 0.569. The summed E-state index contributed by atoms with van der Waals surface area (Å²) < 4.78 is 9.44. The van der Waals surface area contributed by atoms with E-state index in [0.29, 0.717) is 18.2 Å². The predicted molar refractivity (Wildman–Crippen MR) is 36.6 cm³/mol. The SMILES string of the molecule is CO[C@@H](C=O)OCCBr. The molecule has 0 saturated carbocycles. The van der Waals surface area contributed by atoms with Crippen LogP contribution in [0.25, 0.3) is 0 Å². The average molecular weight is 197 g/mol. The second kappa shape index (κ2) is 6.19. The van der Waals surface area contributed by atoms with Gasteiger partial charge in [0, 0.05) is 12.4 Å². The first-order valence-corrected chi connectivity index (χ1v) is 3.63. The summed E-state index contributed by atoms with van der Waals surface area (Å²) >= 11 is 3.14. The van der Waals surface area contributed by atoms with E-state index in [1.54, 1.807) is 0 Å². The van der Waals surface area contributed by atoms with Crippen LogP contribution in [0.15, 0.2) is 0 Å². The van der Waals surface area contributed by atoms with Crippen molar-refractivity contribution in [3.8, 4) is 0 Å². The van der Waals surface area contributed by atoms with Gasteiger partial charge in [0.05, 0.1) is 6.61 Å². The van der Waals surface area contributed by atoms with Crippen molar-refractivity contribution in [2.45, 2.75) is 6.29 Å². The quantitative estimate of drug-likeness (QED) is 0.367. The Labute approximate surface area is 62.5 Å². The maximum absolute atomic E-state index is 9.98. The summed E-state index contributed by atoms with van der Waals surface area (Å²) in [6.07, 6.45) is -0.0922. The van der Waals surface area contributed by atoms with E-state index in [2.05, 4.69) is 20.7 Å². The van der Waals surface area contributed by atoms with E-state index < -0.39 is 6.29 Å². The van der Waals surface area contributed by atoms with E-state index in [1.807, 2.05) is 0 Å². The highest BCUT2D eigenvalue weighted by Crippen LogP contribution is 1.89. The molecule has 0 aromatic carbocycles. The van der Waals surface area contributed by atoms with Gasteiger partial charge in [-0.15, -0.1) is 0 Å². The molecule has 1 atom stereocenters. The molecule has 0 aromatic heterocycles. The molecular weight excluding hydrogens is 188 g/mol. The van der Waals surface area contributed by atoms with Crippen molar-refractivity contribution in [2.75, 3.05) is 19.0 Å². The third-order valence-electron chi connectivity index (χ3n) is 0.703. The lowest BCUT2D eigenvalue weighted by atomic mass is 10.7. The smallest absolute Gasteiger partial charge is 0.214 e. The van der Waals surface area contributed by atoms with Crippen LogP contribution >= 0.6 is 15.9 Å². The number of carbonyl (C=O) groups is 1. The summed E-state index contributed by atoms with van der Waals surface area (Å²) in [7, 11) is 1.42. The van der Waals surface area contributed by atoms with Gasteiger partial charge in [0.1, 0.15) is 0 Å². The Morgan fingerprint density at radius 1 is 1.78 bits per heavy atom. The fraction of sp³-hybridized carbons (Fsp3) is 0.800. The highest BCUT2D eigenvalue weighted by molar-refractivity contribution is 9.09. The van der Waals surface area contributed by atoms with Gasteiger partial charge in [-0.3, -0.25) is 4.79 Å². The lowest BCUT2D eigenvalue weighted by Crippen LogP contribution is -2.17. The van der Waals surface area contributed by atoms with E-state index >= 15 is 0 Å². The molecule has 0 aliphatic rings. The van der Waals surface area contributed by atoms with Gasteiger partial charge in [-0.25, -0.2) is 0 Å². The van der Waals surface area contributed by atoms with Crippen molar-refractivity contribution >= 4 is 22.2 Å². The molecule has 0 saturated heterocycles. The summed E-state index contributed by atoms with van der Waals surface area (Å²) in [4.78, 5) is 9.98. The van der Waals surface area contributed by atoms with E-state index in [4.69, 9.17) is 4.74 Å². The molecule has 0 bridgehead atoms. The number of methoxy groups -OCH3 is 1. The van der Waals surface area contributed by atoms with Gasteiger partial charge in [-0.1, -0.05) is 15.9 Å². The van der Waals surface area contributed by atoms with Gasteiger partial charge >= 0.3 is 0 Å². The Kier molecular flexibility index (Phi) is 6.24. The number of hydrogen-bond donors (Lipinski definition) is 0. The number of halogens is 1. The Morgan fingerprint density at radius 3 is 2.78 bits per heavy atom. The minimum Gasteiger partial charge on any atom is -0.350 e. The van der Waals surface area contributed by atoms with E-state index in [9.17, 15) is 4.79 Å². The first-order chi connectivity index (χ1) is 4.35. The molecule has 54 valence electrons. The van der Waals surface area contributed by atoms with Gasteiger partial charge in [0.2, 0.25) is 6.29 Å². The maximum Gasteiger partial charge on any atom is 0.214 e. The summed E-state index contributed by atoms with van der Waals surface area (Å²) in [5, 5.41) is 0.709. The standard InChI is InChI=1S/C5H9BrO3/c1-8-5(4-7)9-3-2-6/h4-5H,2-3H2,1H3/t5-/m1/s1. The summed E-state index contributed by atoms with van der Waals surface area (Å²) in [5.41, 5.74) is 0. The first kappa shape index (κ1) is 9.07. The molecule has 0 aromatic rings. The molecule has 0 amide bonds. The highest BCUT2D eigenvalue weighted by Gasteiger charge is 2.01. The van der Waals surface area contributed by atoms with Crippen molar-refractivity contribution in [3.05, 3.63) is 0 Å². The van der Waals surface area contributed by atoms with E-state index in [1.165, 1.54) is 7.11 Å². The molecule has 0 fully saturated rings. The zero-order valence-electron chi connectivity index (χ0n) is 5.17. The van der Waals surface area contributed by atoms with Gasteiger partial charge in [0.25, 0.3) is 0 Å². The fourth-order valence-electron chi connectivity index (χ4n) is 0.324. The largest absolute Gasteiger partial charge is 0.350 e. The lowest BCUT2D eigenvalue weighted by molar-refractivity contribution is -0.148. The van der Waals surface area contributed by atoms with Crippen LogP contribution in [0.1, 0.15) is 0 Å². The molecule has 9 heavy (non-hydrogen) atoms. The number of alkyl halides is 1. The van der Waals surface area contributed by atoms with Crippen LogP contribution < -0.4 is 0 Å². The van der Waals surface area contributed by atoms with Crippen LogP contribution in [-0.4, -0.2) is 31.6 Å². The van der Waals surface area contributed by atoms with Gasteiger partial charge in [-0.05, 0) is 0 Å². The van der Waals surface area contributed by atoms with Crippen molar-refractivity contribution in [3.63, 3.8) is 0 Å². The van der Waals surface area contributed by atoms with Crippen LogP contribution in [-0.2, 0) is 14.3 Å². The number of ether oxygens (including phenoxy) is 2. The highest BCUT2D eigenvalue weighted by atomic mass is 79.9. The van der Waals surface area contributed by atoms with Crippen molar-refractivity contribution < 1.29 is 14.3 Å². The Balaban J connectivity index is 3.20. The molecule has 0 radical (unpaired) electrons. The maximum atomic E-state index is 9.98. The van der Waals surface area contributed by atoms with Crippen molar-refractivity contribution in [1.29, 1.82) is 0 Å². The molecule has 4 heteroatoms. The summed E-state index contributed by atoms with van der Waals surface area (Å²) in [6.45, 7) is 0.483. The zero-order valence-corrected chi connectivity index (χ0v) is 6.76. The van der Waals surface area contributed by atoms with Crippen LogP contribution in [0.5, 0.6) is 0 Å². The van der Waals surface area contributed by atoms with Crippen LogP contribution in [0.4, 0.5) is 0 Å². The molecule has 0 aliphatic carbocycles. The number of carbonyl (C=O) groups excluding carboxylic acids is 1. The summed E-state index contributed by atoms with van der Waals surface area (Å²) in [6, 6.07) is 0. The Bertz CT molecular complexity index is 76.6. The Hall–Kier alpha value is 0.0700. The van der Waals surface area contributed by atoms with Gasteiger partial charge < -0.3 is 9.47 Å².